The highest BCUT2D eigenvalue weighted by Crippen LogP contribution is 2.04. The first-order chi connectivity index (χ1) is 5.52. The normalized spacial score (nSPS) is 13.2. The molecule has 0 aromatic rings. The standard InChI is InChI=1S/C10H16O2/c1-8(4-6-9(2)11)5-7-10(3)12/h4,6,9,11H,1,5,7H2,2-3H3/b6-4+. The fourth-order valence-electron chi connectivity index (χ4n) is 0.695. The van der Waals surface area contributed by atoms with Gasteiger partial charge in [0.05, 0.1) is 6.10 Å². The number of hydrogen-bond donors (Lipinski definition) is 1. The first-order valence-corrected chi connectivity index (χ1v) is 4.06. The Labute approximate surface area is 73.6 Å². The van der Waals surface area contributed by atoms with Crippen LogP contribution in [0, 0.1) is 0 Å². The van der Waals surface area contributed by atoms with Crippen LogP contribution in [0.3, 0.4) is 0 Å². The van der Waals surface area contributed by atoms with E-state index in [1.54, 1.807) is 26.0 Å². The molecule has 0 radical (unpaired) electrons. The smallest absolute Gasteiger partial charge is 0.130 e. The van der Waals surface area contributed by atoms with Crippen molar-refractivity contribution in [2.45, 2.75) is 32.8 Å². The van der Waals surface area contributed by atoms with E-state index in [2.05, 4.69) is 6.58 Å². The van der Waals surface area contributed by atoms with Crippen molar-refractivity contribution in [2.24, 2.45) is 0 Å². The highest BCUT2D eigenvalue weighted by molar-refractivity contribution is 5.75. The molecule has 0 aliphatic rings. The Kier molecular flexibility index (Phi) is 5.30. The monoisotopic (exact) mass is 168 g/mol. The fraction of sp³-hybridized carbons (Fsp3) is 0.500. The van der Waals surface area contributed by atoms with Crippen LogP contribution in [-0.4, -0.2) is 17.0 Å². The molecule has 1 N–H and O–H groups in total. The average molecular weight is 168 g/mol. The van der Waals surface area contributed by atoms with Crippen LogP contribution < -0.4 is 0 Å². The van der Waals surface area contributed by atoms with E-state index in [0.29, 0.717) is 12.8 Å². The van der Waals surface area contributed by atoms with E-state index < -0.39 is 6.10 Å². The van der Waals surface area contributed by atoms with Gasteiger partial charge in [0, 0.05) is 6.42 Å². The van der Waals surface area contributed by atoms with Crippen molar-refractivity contribution in [3.63, 3.8) is 0 Å². The Bertz CT molecular complexity index is 190. The second-order valence-electron chi connectivity index (χ2n) is 2.96. The molecule has 1 atom stereocenters. The summed E-state index contributed by atoms with van der Waals surface area (Å²) < 4.78 is 0. The van der Waals surface area contributed by atoms with E-state index in [9.17, 15) is 4.79 Å². The molecular formula is C10H16O2. The summed E-state index contributed by atoms with van der Waals surface area (Å²) in [5.74, 6) is 0.168. The minimum absolute atomic E-state index is 0.168. The Hall–Kier alpha value is -0.890. The number of allylic oxidation sites excluding steroid dienone is 2. The van der Waals surface area contributed by atoms with Crippen molar-refractivity contribution in [3.05, 3.63) is 24.3 Å². The molecule has 0 heterocycles. The van der Waals surface area contributed by atoms with Gasteiger partial charge in [0.1, 0.15) is 5.78 Å². The lowest BCUT2D eigenvalue weighted by molar-refractivity contribution is -0.116. The predicted octanol–water partition coefficient (Wildman–Crippen LogP) is 1.85. The van der Waals surface area contributed by atoms with Gasteiger partial charge in [-0.3, -0.25) is 0 Å². The molecule has 0 bridgehead atoms. The zero-order chi connectivity index (χ0) is 9.56. The molecule has 0 fully saturated rings. The minimum atomic E-state index is -0.445. The minimum Gasteiger partial charge on any atom is -0.389 e. The van der Waals surface area contributed by atoms with Gasteiger partial charge >= 0.3 is 0 Å². The van der Waals surface area contributed by atoms with Gasteiger partial charge in [0.2, 0.25) is 0 Å². The molecule has 0 spiro atoms. The third-order valence-electron chi connectivity index (χ3n) is 1.41. The molecule has 0 aromatic heterocycles. The molecule has 0 aromatic carbocycles. The van der Waals surface area contributed by atoms with Crippen LogP contribution >= 0.6 is 0 Å². The maximum Gasteiger partial charge on any atom is 0.130 e. The SMILES string of the molecule is C=C(/C=C/C(C)O)CCC(C)=O. The van der Waals surface area contributed by atoms with Crippen LogP contribution in [0.1, 0.15) is 26.7 Å². The molecule has 0 rings (SSSR count). The topological polar surface area (TPSA) is 37.3 Å². The van der Waals surface area contributed by atoms with Crippen molar-refractivity contribution < 1.29 is 9.90 Å². The Balaban J connectivity index is 3.67. The lowest BCUT2D eigenvalue weighted by Crippen LogP contribution is -1.93. The van der Waals surface area contributed by atoms with E-state index in [0.717, 1.165) is 5.57 Å². The van der Waals surface area contributed by atoms with Crippen LogP contribution in [0.25, 0.3) is 0 Å². The number of hydrogen-bond acceptors (Lipinski definition) is 2. The van der Waals surface area contributed by atoms with E-state index in [4.69, 9.17) is 5.11 Å². The number of aliphatic hydroxyl groups is 1. The van der Waals surface area contributed by atoms with E-state index in [1.165, 1.54) is 0 Å². The van der Waals surface area contributed by atoms with Gasteiger partial charge in [-0.1, -0.05) is 24.3 Å². The van der Waals surface area contributed by atoms with Crippen molar-refractivity contribution >= 4 is 5.78 Å². The summed E-state index contributed by atoms with van der Waals surface area (Å²) in [4.78, 5) is 10.6. The molecule has 1 unspecified atom stereocenters. The molecule has 68 valence electrons. The Morgan fingerprint density at radius 2 is 2.17 bits per heavy atom. The number of rotatable bonds is 5. The number of carbonyl (C=O) groups is 1. The molecule has 12 heavy (non-hydrogen) atoms. The second-order valence-corrected chi connectivity index (χ2v) is 2.96. The fourth-order valence-corrected chi connectivity index (χ4v) is 0.695. The number of Topliss-reactive ketones (excluding diaryl/α,β-unsaturated/α-hetero) is 1. The molecule has 0 amide bonds. The summed E-state index contributed by atoms with van der Waals surface area (Å²) >= 11 is 0. The van der Waals surface area contributed by atoms with E-state index >= 15 is 0 Å². The molecular weight excluding hydrogens is 152 g/mol. The average Bonchev–Trinajstić information content (AvgIpc) is 1.96. The summed E-state index contributed by atoms with van der Waals surface area (Å²) in [5, 5.41) is 8.88. The van der Waals surface area contributed by atoms with Crippen molar-refractivity contribution in [1.29, 1.82) is 0 Å². The van der Waals surface area contributed by atoms with Crippen LogP contribution in [0.2, 0.25) is 0 Å². The van der Waals surface area contributed by atoms with Crippen molar-refractivity contribution in [2.75, 3.05) is 0 Å². The zero-order valence-corrected chi connectivity index (χ0v) is 7.71. The number of ketones is 1. The predicted molar refractivity (Wildman–Crippen MR) is 49.9 cm³/mol. The Morgan fingerprint density at radius 1 is 1.58 bits per heavy atom. The molecule has 2 nitrogen and oxygen atoms in total. The molecule has 0 saturated carbocycles. The third kappa shape index (κ3) is 7.22. The zero-order valence-electron chi connectivity index (χ0n) is 7.71. The van der Waals surface area contributed by atoms with Crippen LogP contribution in [-0.2, 0) is 4.79 Å². The second kappa shape index (κ2) is 5.72. The first-order valence-electron chi connectivity index (χ1n) is 4.06. The van der Waals surface area contributed by atoms with Gasteiger partial charge in [0.25, 0.3) is 0 Å². The van der Waals surface area contributed by atoms with Gasteiger partial charge in [-0.05, 0) is 20.3 Å². The number of aliphatic hydroxyl groups excluding tert-OH is 1. The molecule has 0 saturated heterocycles. The van der Waals surface area contributed by atoms with Gasteiger partial charge in [-0.15, -0.1) is 0 Å². The van der Waals surface area contributed by atoms with E-state index in [-0.39, 0.29) is 5.78 Å². The van der Waals surface area contributed by atoms with Gasteiger partial charge < -0.3 is 9.90 Å². The lowest BCUT2D eigenvalue weighted by atomic mass is 10.1. The Morgan fingerprint density at radius 3 is 2.58 bits per heavy atom. The quantitative estimate of drug-likeness (QED) is 0.636. The van der Waals surface area contributed by atoms with Gasteiger partial charge in [0.15, 0.2) is 0 Å². The van der Waals surface area contributed by atoms with Crippen LogP contribution in [0.4, 0.5) is 0 Å². The maximum atomic E-state index is 10.6. The van der Waals surface area contributed by atoms with Crippen LogP contribution in [0.15, 0.2) is 24.3 Å². The number of carbonyl (C=O) groups excluding carboxylic acids is 1. The van der Waals surface area contributed by atoms with Crippen molar-refractivity contribution in [1.82, 2.24) is 0 Å². The summed E-state index contributed by atoms with van der Waals surface area (Å²) in [7, 11) is 0. The molecule has 2 heteroatoms. The lowest BCUT2D eigenvalue weighted by Gasteiger charge is -1.97. The maximum absolute atomic E-state index is 10.6. The summed E-state index contributed by atoms with van der Waals surface area (Å²) in [5.41, 5.74) is 0.881. The third-order valence-corrected chi connectivity index (χ3v) is 1.41. The molecule has 0 aliphatic heterocycles. The summed E-state index contributed by atoms with van der Waals surface area (Å²) in [6, 6.07) is 0. The summed E-state index contributed by atoms with van der Waals surface area (Å²) in [6.07, 6.45) is 4.18. The summed E-state index contributed by atoms with van der Waals surface area (Å²) in [6.45, 7) is 6.98. The van der Waals surface area contributed by atoms with E-state index in [1.807, 2.05) is 0 Å². The van der Waals surface area contributed by atoms with Crippen LogP contribution in [0.5, 0.6) is 0 Å². The largest absolute Gasteiger partial charge is 0.389 e. The van der Waals surface area contributed by atoms with Gasteiger partial charge in [-0.2, -0.15) is 0 Å². The van der Waals surface area contributed by atoms with Gasteiger partial charge in [-0.25, -0.2) is 0 Å². The molecule has 0 aliphatic carbocycles. The van der Waals surface area contributed by atoms with Crippen molar-refractivity contribution in [3.8, 4) is 0 Å². The first kappa shape index (κ1) is 11.1. The highest BCUT2D eigenvalue weighted by atomic mass is 16.3. The highest BCUT2D eigenvalue weighted by Gasteiger charge is 1.94.